The number of nitro benzene ring substituents is 1. The lowest BCUT2D eigenvalue weighted by Crippen LogP contribution is -2.06. The van der Waals surface area contributed by atoms with E-state index in [1.807, 2.05) is 26.0 Å². The molecule has 0 saturated carbocycles. The predicted octanol–water partition coefficient (Wildman–Crippen LogP) is 4.03. The van der Waals surface area contributed by atoms with Crippen LogP contribution in [-0.4, -0.2) is 21.3 Å². The summed E-state index contributed by atoms with van der Waals surface area (Å²) in [4.78, 5) is 10.5. The molecule has 6 nitrogen and oxygen atoms in total. The minimum absolute atomic E-state index is 0.0795. The van der Waals surface area contributed by atoms with Crippen LogP contribution < -0.4 is 4.74 Å². The number of benzene rings is 2. The highest BCUT2D eigenvalue weighted by atomic mass is 16.6. The first-order chi connectivity index (χ1) is 11.5. The molecule has 0 bridgehead atoms. The lowest BCUT2D eigenvalue weighted by atomic mass is 10.1. The van der Waals surface area contributed by atoms with Crippen LogP contribution in [0.3, 0.4) is 0 Å². The van der Waals surface area contributed by atoms with Crippen molar-refractivity contribution in [3.05, 3.63) is 63.8 Å². The fraction of sp³-hybridized carbons (Fsp3) is 0.278. The van der Waals surface area contributed by atoms with Gasteiger partial charge in [-0.15, -0.1) is 0 Å². The summed E-state index contributed by atoms with van der Waals surface area (Å²) in [6.07, 6.45) is 2.50. The van der Waals surface area contributed by atoms with Crippen molar-refractivity contribution in [1.82, 2.24) is 9.78 Å². The predicted molar refractivity (Wildman–Crippen MR) is 92.4 cm³/mol. The highest BCUT2D eigenvalue weighted by Gasteiger charge is 2.10. The zero-order chi connectivity index (χ0) is 17.1. The maximum Gasteiger partial charge on any atom is 0.271 e. The monoisotopic (exact) mass is 325 g/mol. The molecule has 0 radical (unpaired) electrons. The third-order valence-corrected chi connectivity index (χ3v) is 3.95. The Morgan fingerprint density at radius 3 is 2.83 bits per heavy atom. The molecule has 0 aliphatic rings. The largest absolute Gasteiger partial charge is 0.493 e. The number of non-ortho nitro benzene ring substituents is 1. The van der Waals surface area contributed by atoms with Crippen LogP contribution in [0.2, 0.25) is 0 Å². The Morgan fingerprint density at radius 1 is 1.21 bits per heavy atom. The van der Waals surface area contributed by atoms with Crippen LogP contribution in [0, 0.1) is 24.0 Å². The van der Waals surface area contributed by atoms with Crippen molar-refractivity contribution in [2.75, 3.05) is 6.61 Å². The first-order valence-electron chi connectivity index (χ1n) is 7.84. The Morgan fingerprint density at radius 2 is 2.04 bits per heavy atom. The van der Waals surface area contributed by atoms with E-state index in [0.29, 0.717) is 13.2 Å². The fourth-order valence-corrected chi connectivity index (χ4v) is 2.61. The van der Waals surface area contributed by atoms with Crippen molar-refractivity contribution in [3.8, 4) is 5.75 Å². The van der Waals surface area contributed by atoms with E-state index in [-0.39, 0.29) is 10.6 Å². The second-order valence-corrected chi connectivity index (χ2v) is 5.84. The van der Waals surface area contributed by atoms with Crippen LogP contribution in [0.15, 0.2) is 42.6 Å². The summed E-state index contributed by atoms with van der Waals surface area (Å²) in [5, 5.41) is 16.1. The molecule has 24 heavy (non-hydrogen) atoms. The van der Waals surface area contributed by atoms with Gasteiger partial charge in [-0.3, -0.25) is 14.8 Å². The van der Waals surface area contributed by atoms with Crippen LogP contribution >= 0.6 is 0 Å². The number of rotatable bonds is 6. The summed E-state index contributed by atoms with van der Waals surface area (Å²) in [6.45, 7) is 5.28. The first-order valence-corrected chi connectivity index (χ1v) is 7.84. The average Bonchev–Trinajstić information content (AvgIpc) is 2.97. The molecular formula is C18H19N3O3. The van der Waals surface area contributed by atoms with E-state index in [2.05, 4.69) is 11.2 Å². The highest BCUT2D eigenvalue weighted by molar-refractivity contribution is 5.80. The average molecular weight is 325 g/mol. The summed E-state index contributed by atoms with van der Waals surface area (Å²) >= 11 is 0. The summed E-state index contributed by atoms with van der Waals surface area (Å²) in [7, 11) is 0. The van der Waals surface area contributed by atoms with E-state index in [1.165, 1.54) is 11.6 Å². The van der Waals surface area contributed by atoms with Gasteiger partial charge in [0.15, 0.2) is 0 Å². The molecule has 0 aliphatic heterocycles. The highest BCUT2D eigenvalue weighted by Crippen LogP contribution is 2.21. The molecule has 0 atom stereocenters. The van der Waals surface area contributed by atoms with E-state index >= 15 is 0 Å². The van der Waals surface area contributed by atoms with Gasteiger partial charge >= 0.3 is 0 Å². The summed E-state index contributed by atoms with van der Waals surface area (Å²) < 4.78 is 7.63. The second kappa shape index (κ2) is 6.70. The standard InChI is InChI=1S/C18H19N3O3/c1-13-4-5-14(2)18(10-13)24-9-3-8-20-17-11-16(21(22)23)7-6-15(17)12-19-20/h4-7,10-12H,3,8-9H2,1-2H3. The van der Waals surface area contributed by atoms with E-state index in [1.54, 1.807) is 23.0 Å². The number of aromatic nitrogens is 2. The lowest BCUT2D eigenvalue weighted by Gasteiger charge is -2.10. The molecular weight excluding hydrogens is 306 g/mol. The number of nitrogens with zero attached hydrogens (tertiary/aromatic N) is 3. The SMILES string of the molecule is Cc1ccc(C)c(OCCCn2ncc3ccc([N+](=O)[O-])cc32)c1. The Hall–Kier alpha value is -2.89. The molecule has 0 aliphatic carbocycles. The van der Waals surface area contributed by atoms with Gasteiger partial charge in [0.25, 0.3) is 5.69 Å². The summed E-state index contributed by atoms with van der Waals surface area (Å²) in [5.41, 5.74) is 3.13. The molecule has 1 heterocycles. The molecule has 3 aromatic rings. The van der Waals surface area contributed by atoms with Gasteiger partial charge in [0.2, 0.25) is 0 Å². The van der Waals surface area contributed by atoms with Gasteiger partial charge in [0, 0.05) is 30.5 Å². The zero-order valence-corrected chi connectivity index (χ0v) is 13.7. The molecule has 0 amide bonds. The van der Waals surface area contributed by atoms with Gasteiger partial charge in [0.1, 0.15) is 5.75 Å². The van der Waals surface area contributed by atoms with E-state index in [9.17, 15) is 10.1 Å². The summed E-state index contributed by atoms with van der Waals surface area (Å²) in [6, 6.07) is 10.9. The van der Waals surface area contributed by atoms with Crippen LogP contribution in [0.1, 0.15) is 17.5 Å². The normalized spacial score (nSPS) is 10.9. The third kappa shape index (κ3) is 3.37. The Kier molecular flexibility index (Phi) is 4.46. The maximum atomic E-state index is 10.9. The van der Waals surface area contributed by atoms with Crippen LogP contribution in [0.5, 0.6) is 5.75 Å². The minimum atomic E-state index is -0.388. The minimum Gasteiger partial charge on any atom is -0.493 e. The maximum absolute atomic E-state index is 10.9. The van der Waals surface area contributed by atoms with Crippen molar-refractivity contribution in [1.29, 1.82) is 0 Å². The van der Waals surface area contributed by atoms with Crippen molar-refractivity contribution < 1.29 is 9.66 Å². The number of fused-ring (bicyclic) bond motifs is 1. The number of hydrogen-bond acceptors (Lipinski definition) is 4. The van der Waals surface area contributed by atoms with Crippen LogP contribution in [0.25, 0.3) is 10.9 Å². The molecule has 124 valence electrons. The van der Waals surface area contributed by atoms with Crippen molar-refractivity contribution in [3.63, 3.8) is 0 Å². The van der Waals surface area contributed by atoms with Crippen LogP contribution in [-0.2, 0) is 6.54 Å². The molecule has 2 aromatic carbocycles. The Labute approximate surface area is 139 Å². The Bertz CT molecular complexity index is 886. The number of hydrogen-bond donors (Lipinski definition) is 0. The second-order valence-electron chi connectivity index (χ2n) is 5.84. The van der Waals surface area contributed by atoms with E-state index < -0.39 is 0 Å². The number of aryl methyl sites for hydroxylation is 3. The number of ether oxygens (including phenoxy) is 1. The Balaban J connectivity index is 1.64. The van der Waals surface area contributed by atoms with Gasteiger partial charge in [-0.2, -0.15) is 5.10 Å². The molecule has 0 N–H and O–H groups in total. The van der Waals surface area contributed by atoms with Gasteiger partial charge in [-0.25, -0.2) is 0 Å². The van der Waals surface area contributed by atoms with Gasteiger partial charge < -0.3 is 4.74 Å². The fourth-order valence-electron chi connectivity index (χ4n) is 2.61. The van der Waals surface area contributed by atoms with Gasteiger partial charge in [-0.05, 0) is 37.1 Å². The van der Waals surface area contributed by atoms with E-state index in [4.69, 9.17) is 4.74 Å². The lowest BCUT2D eigenvalue weighted by molar-refractivity contribution is -0.384. The smallest absolute Gasteiger partial charge is 0.271 e. The third-order valence-electron chi connectivity index (χ3n) is 3.95. The molecule has 0 saturated heterocycles. The van der Waals surface area contributed by atoms with Crippen molar-refractivity contribution in [2.24, 2.45) is 0 Å². The quantitative estimate of drug-likeness (QED) is 0.390. The molecule has 0 fully saturated rings. The molecule has 0 spiro atoms. The molecule has 3 rings (SSSR count). The first kappa shape index (κ1) is 16.0. The number of nitro groups is 1. The van der Waals surface area contributed by atoms with Crippen LogP contribution in [0.4, 0.5) is 5.69 Å². The summed E-state index contributed by atoms with van der Waals surface area (Å²) in [5.74, 6) is 0.899. The molecule has 1 aromatic heterocycles. The van der Waals surface area contributed by atoms with E-state index in [0.717, 1.165) is 28.6 Å². The van der Waals surface area contributed by atoms with Gasteiger partial charge in [-0.1, -0.05) is 12.1 Å². The topological polar surface area (TPSA) is 70.2 Å². The molecule has 0 unspecified atom stereocenters. The van der Waals surface area contributed by atoms with Gasteiger partial charge in [0.05, 0.1) is 23.2 Å². The van der Waals surface area contributed by atoms with Crippen molar-refractivity contribution >= 4 is 16.6 Å². The van der Waals surface area contributed by atoms with Crippen molar-refractivity contribution in [2.45, 2.75) is 26.8 Å². The molecule has 6 heteroatoms. The zero-order valence-electron chi connectivity index (χ0n) is 13.7.